The Morgan fingerprint density at radius 3 is 1.85 bits per heavy atom. The normalized spacial score (nSPS) is 12.7. The van der Waals surface area contributed by atoms with E-state index in [-0.39, 0.29) is 5.41 Å². The number of hydrogen-bond donors (Lipinski definition) is 0. The molecule has 0 unspecified atom stereocenters. The average Bonchev–Trinajstić information content (AvgIpc) is 1.81. The summed E-state index contributed by atoms with van der Waals surface area (Å²) in [6.07, 6.45) is 4.33. The second-order valence-electron chi connectivity index (χ2n) is 4.89. The van der Waals surface area contributed by atoms with E-state index in [9.17, 15) is 0 Å². The molecular formula is C11H23N2+. The predicted molar refractivity (Wildman–Crippen MR) is 59.4 cm³/mol. The third-order valence-corrected chi connectivity index (χ3v) is 1.66. The predicted octanol–water partition coefficient (Wildman–Crippen LogP) is 1.82. The van der Waals surface area contributed by atoms with Crippen molar-refractivity contribution in [3.63, 3.8) is 0 Å². The van der Waals surface area contributed by atoms with E-state index in [0.29, 0.717) is 0 Å². The Hall–Kier alpha value is -0.790. The van der Waals surface area contributed by atoms with Gasteiger partial charge in [0.1, 0.15) is 14.1 Å². The lowest BCUT2D eigenvalue weighted by Crippen LogP contribution is -2.18. The largest absolute Gasteiger partial charge is 0.383 e. The molecule has 76 valence electrons. The summed E-state index contributed by atoms with van der Waals surface area (Å²) in [4.78, 5) is 2.08. The highest BCUT2D eigenvalue weighted by atomic mass is 15.0. The van der Waals surface area contributed by atoms with Crippen molar-refractivity contribution in [3.05, 3.63) is 11.8 Å². The van der Waals surface area contributed by atoms with Crippen molar-refractivity contribution in [1.82, 2.24) is 4.90 Å². The molecule has 0 aliphatic carbocycles. The standard InChI is InChI=1S/C11H23N2/c1-11(2,3)10(8-12(4)5)9-13(6)7/h8-9H,1-7H3/q+1. The van der Waals surface area contributed by atoms with Crippen LogP contribution in [0.2, 0.25) is 0 Å². The summed E-state index contributed by atoms with van der Waals surface area (Å²) in [5.74, 6) is 0. The summed E-state index contributed by atoms with van der Waals surface area (Å²) in [5, 5.41) is 0. The van der Waals surface area contributed by atoms with E-state index >= 15 is 0 Å². The average molecular weight is 183 g/mol. The van der Waals surface area contributed by atoms with Crippen molar-refractivity contribution < 1.29 is 4.58 Å². The number of rotatable bonds is 2. The third-order valence-electron chi connectivity index (χ3n) is 1.66. The first-order valence-electron chi connectivity index (χ1n) is 4.63. The van der Waals surface area contributed by atoms with Gasteiger partial charge in [0.05, 0.1) is 0 Å². The first kappa shape index (κ1) is 12.2. The molecule has 0 bridgehead atoms. The quantitative estimate of drug-likeness (QED) is 0.467. The van der Waals surface area contributed by atoms with Crippen molar-refractivity contribution in [2.75, 3.05) is 28.2 Å². The van der Waals surface area contributed by atoms with Gasteiger partial charge in [0.2, 0.25) is 0 Å². The first-order chi connectivity index (χ1) is 5.73. The van der Waals surface area contributed by atoms with Gasteiger partial charge in [0.25, 0.3) is 0 Å². The van der Waals surface area contributed by atoms with Gasteiger partial charge in [-0.1, -0.05) is 20.8 Å². The Morgan fingerprint density at radius 2 is 1.62 bits per heavy atom. The zero-order valence-electron chi connectivity index (χ0n) is 10.0. The van der Waals surface area contributed by atoms with E-state index in [1.54, 1.807) is 0 Å². The summed E-state index contributed by atoms with van der Waals surface area (Å²) in [6, 6.07) is 0. The molecule has 0 amide bonds. The summed E-state index contributed by atoms with van der Waals surface area (Å²) in [5.41, 5.74) is 1.54. The minimum atomic E-state index is 0.203. The maximum atomic E-state index is 2.22. The molecule has 2 heteroatoms. The van der Waals surface area contributed by atoms with Gasteiger partial charge >= 0.3 is 0 Å². The molecule has 0 atom stereocenters. The van der Waals surface area contributed by atoms with Crippen LogP contribution in [-0.2, 0) is 0 Å². The molecule has 2 nitrogen and oxygen atoms in total. The molecule has 0 aliphatic rings. The van der Waals surface area contributed by atoms with E-state index in [4.69, 9.17) is 0 Å². The SMILES string of the molecule is CN(C)/C=C(/C=[N+](C)C)C(C)(C)C. The Bertz CT molecular complexity index is 213. The summed E-state index contributed by atoms with van der Waals surface area (Å²) in [6.45, 7) is 6.67. The van der Waals surface area contributed by atoms with Crippen molar-refractivity contribution >= 4 is 6.21 Å². The Labute approximate surface area is 82.6 Å². The molecule has 0 fully saturated rings. The highest BCUT2D eigenvalue weighted by Crippen LogP contribution is 2.23. The molecule has 0 aromatic carbocycles. The second-order valence-corrected chi connectivity index (χ2v) is 4.89. The van der Waals surface area contributed by atoms with Crippen LogP contribution in [-0.4, -0.2) is 43.9 Å². The highest BCUT2D eigenvalue weighted by Gasteiger charge is 2.18. The molecule has 0 rings (SSSR count). The molecule has 0 heterocycles. The summed E-state index contributed by atoms with van der Waals surface area (Å²) >= 11 is 0. The van der Waals surface area contributed by atoms with E-state index in [2.05, 4.69) is 70.9 Å². The fourth-order valence-corrected chi connectivity index (χ4v) is 0.977. The number of allylic oxidation sites excluding steroid dienone is 1. The van der Waals surface area contributed by atoms with Gasteiger partial charge in [-0.3, -0.25) is 0 Å². The Balaban J connectivity index is 4.89. The van der Waals surface area contributed by atoms with E-state index in [0.717, 1.165) is 0 Å². The fraction of sp³-hybridized carbons (Fsp3) is 0.727. The second kappa shape index (κ2) is 4.45. The molecule has 0 aromatic heterocycles. The van der Waals surface area contributed by atoms with Crippen LogP contribution in [0.4, 0.5) is 0 Å². The lowest BCUT2D eigenvalue weighted by atomic mass is 9.87. The van der Waals surface area contributed by atoms with E-state index < -0.39 is 0 Å². The fourth-order valence-electron chi connectivity index (χ4n) is 0.977. The van der Waals surface area contributed by atoms with Gasteiger partial charge in [0, 0.05) is 25.9 Å². The monoisotopic (exact) mass is 183 g/mol. The van der Waals surface area contributed by atoms with Gasteiger partial charge < -0.3 is 4.90 Å². The van der Waals surface area contributed by atoms with Crippen molar-refractivity contribution in [2.45, 2.75) is 20.8 Å². The van der Waals surface area contributed by atoms with E-state index in [1.165, 1.54) is 5.57 Å². The molecule has 0 aromatic rings. The molecular weight excluding hydrogens is 160 g/mol. The van der Waals surface area contributed by atoms with Crippen LogP contribution < -0.4 is 0 Å². The minimum absolute atomic E-state index is 0.203. The van der Waals surface area contributed by atoms with Crippen molar-refractivity contribution in [1.29, 1.82) is 0 Å². The topological polar surface area (TPSA) is 6.25 Å². The summed E-state index contributed by atoms with van der Waals surface area (Å²) < 4.78 is 2.08. The highest BCUT2D eigenvalue weighted by molar-refractivity contribution is 5.75. The van der Waals surface area contributed by atoms with Crippen LogP contribution >= 0.6 is 0 Å². The van der Waals surface area contributed by atoms with Crippen LogP contribution in [0.15, 0.2) is 11.8 Å². The molecule has 0 saturated carbocycles. The van der Waals surface area contributed by atoms with Crippen molar-refractivity contribution in [2.24, 2.45) is 5.41 Å². The minimum Gasteiger partial charge on any atom is -0.383 e. The maximum absolute atomic E-state index is 2.22. The van der Waals surface area contributed by atoms with Gasteiger partial charge in [-0.15, -0.1) is 0 Å². The van der Waals surface area contributed by atoms with Crippen molar-refractivity contribution in [3.8, 4) is 0 Å². The zero-order chi connectivity index (χ0) is 10.6. The van der Waals surface area contributed by atoms with Gasteiger partial charge in [-0.05, 0) is 5.41 Å². The molecule has 0 spiro atoms. The van der Waals surface area contributed by atoms with Gasteiger partial charge in [-0.25, -0.2) is 4.58 Å². The van der Waals surface area contributed by atoms with Gasteiger partial charge in [-0.2, -0.15) is 0 Å². The Kier molecular flexibility index (Phi) is 4.18. The van der Waals surface area contributed by atoms with Crippen LogP contribution in [0.25, 0.3) is 0 Å². The number of hydrogen-bond acceptors (Lipinski definition) is 1. The van der Waals surface area contributed by atoms with E-state index in [1.807, 2.05) is 0 Å². The molecule has 13 heavy (non-hydrogen) atoms. The smallest absolute Gasteiger partial charge is 0.168 e. The lowest BCUT2D eigenvalue weighted by Gasteiger charge is -2.20. The zero-order valence-corrected chi connectivity index (χ0v) is 10.0. The van der Waals surface area contributed by atoms with Crippen LogP contribution in [0.1, 0.15) is 20.8 Å². The third kappa shape index (κ3) is 5.45. The van der Waals surface area contributed by atoms with Crippen LogP contribution in [0, 0.1) is 5.41 Å². The van der Waals surface area contributed by atoms with Crippen LogP contribution in [0.3, 0.4) is 0 Å². The molecule has 0 radical (unpaired) electrons. The first-order valence-corrected chi connectivity index (χ1v) is 4.63. The Morgan fingerprint density at radius 1 is 1.15 bits per heavy atom. The maximum Gasteiger partial charge on any atom is 0.168 e. The number of nitrogens with zero attached hydrogens (tertiary/aromatic N) is 2. The summed E-state index contributed by atoms with van der Waals surface area (Å²) in [7, 11) is 8.20. The molecule has 0 aliphatic heterocycles. The molecule has 0 N–H and O–H groups in total. The van der Waals surface area contributed by atoms with Crippen LogP contribution in [0.5, 0.6) is 0 Å². The lowest BCUT2D eigenvalue weighted by molar-refractivity contribution is -0.459. The molecule has 0 saturated heterocycles. The van der Waals surface area contributed by atoms with Gasteiger partial charge in [0.15, 0.2) is 6.21 Å².